The molecule has 0 saturated carbocycles. The number of nitrogens with one attached hydrogen (secondary N) is 5. The molecule has 2 fully saturated rings. The number of carbonyl (C=O) groups is 8. The summed E-state index contributed by atoms with van der Waals surface area (Å²) in [5, 5.41) is 42.0. The molecule has 19 heteroatoms. The Morgan fingerprint density at radius 2 is 1.50 bits per heavy atom. The van der Waals surface area contributed by atoms with Crippen LogP contribution in [-0.2, 0) is 49.5 Å². The van der Waals surface area contributed by atoms with Crippen molar-refractivity contribution in [1.82, 2.24) is 31.5 Å². The Morgan fingerprint density at radius 1 is 0.904 bits per heavy atom. The van der Waals surface area contributed by atoms with E-state index < -0.39 is 128 Å². The van der Waals surface area contributed by atoms with E-state index in [2.05, 4.69) is 26.6 Å². The molecule has 2 heterocycles. The van der Waals surface area contributed by atoms with Crippen molar-refractivity contribution in [3.63, 3.8) is 0 Å². The van der Waals surface area contributed by atoms with E-state index in [0.29, 0.717) is 12.0 Å². The highest BCUT2D eigenvalue weighted by molar-refractivity contribution is 5.99. The van der Waals surface area contributed by atoms with Crippen LogP contribution < -0.4 is 32.3 Å². The number of fused-ring (bicyclic) bond motifs is 1. The van der Waals surface area contributed by atoms with Crippen molar-refractivity contribution in [3.05, 3.63) is 29.8 Å². The minimum Gasteiger partial charge on any atom is -0.508 e. The molecule has 2 aliphatic rings. The number of esters is 1. The molecule has 3 rings (SSSR count). The fraction of sp³-hybridized carbons (Fsp3) is 0.576. The summed E-state index contributed by atoms with van der Waals surface area (Å²) >= 11 is 0. The first-order chi connectivity index (χ1) is 24.5. The summed E-state index contributed by atoms with van der Waals surface area (Å²) in [5.74, 6) is -8.41. The summed E-state index contributed by atoms with van der Waals surface area (Å²) in [6, 6.07) is -3.73. The zero-order valence-corrected chi connectivity index (χ0v) is 29.3. The summed E-state index contributed by atoms with van der Waals surface area (Å²) in [6.07, 6.45) is -4.63. The molecule has 2 aliphatic heterocycles. The molecule has 1 aromatic rings. The summed E-state index contributed by atoms with van der Waals surface area (Å²) < 4.78 is 5.44. The number of ether oxygens (including phenoxy) is 1. The number of rotatable bonds is 11. The molecule has 7 amide bonds. The molecule has 1 aromatic carbocycles. The maximum Gasteiger partial charge on any atom is 0.330 e. The number of amides is 7. The first kappa shape index (κ1) is 41.1. The van der Waals surface area contributed by atoms with Gasteiger partial charge in [-0.3, -0.25) is 38.5 Å². The van der Waals surface area contributed by atoms with Crippen LogP contribution >= 0.6 is 0 Å². The van der Waals surface area contributed by atoms with Gasteiger partial charge in [-0.05, 0) is 43.9 Å². The lowest BCUT2D eigenvalue weighted by Crippen LogP contribution is -2.66. The number of benzene rings is 1. The molecule has 9 atom stereocenters. The monoisotopic (exact) mass is 733 g/mol. The second-order valence-electron chi connectivity index (χ2n) is 12.9. The van der Waals surface area contributed by atoms with Crippen molar-refractivity contribution in [2.45, 2.75) is 108 Å². The molecule has 9 unspecified atom stereocenters. The molecule has 0 spiro atoms. The van der Waals surface area contributed by atoms with Gasteiger partial charge in [-0.25, -0.2) is 4.79 Å². The Labute approximate surface area is 299 Å². The van der Waals surface area contributed by atoms with E-state index in [9.17, 15) is 53.7 Å². The number of nitrogens with two attached hydrogens (primary N) is 1. The number of phenols is 1. The van der Waals surface area contributed by atoms with Crippen LogP contribution in [0.5, 0.6) is 5.75 Å². The molecule has 2 saturated heterocycles. The highest BCUT2D eigenvalue weighted by Gasteiger charge is 2.51. The maximum atomic E-state index is 14.2. The van der Waals surface area contributed by atoms with Crippen molar-refractivity contribution in [2.24, 2.45) is 11.7 Å². The Bertz CT molecular complexity index is 1520. The standard InChI is InChI=1S/C33H47N7O12/c1-5-15(2)24-28(47)36-21(14-18-6-8-19(43)9-7-18)27(46)39-25(17(4)42)29(48)35-20(10-11-22(34)44)31(50)40-16(3)33(51)52-32(40)26(30(49)38-24)37-23(45)12-13-41/h6-9,15-17,20-21,24-26,32,41-43H,5,10-14H2,1-4H3,(H2,34,44)(H,35,48)(H,36,47)(H,37,45)(H,38,49)(H,39,46). The molecule has 286 valence electrons. The first-order valence-electron chi connectivity index (χ1n) is 16.9. The fourth-order valence-electron chi connectivity index (χ4n) is 5.69. The van der Waals surface area contributed by atoms with Gasteiger partial charge in [-0.15, -0.1) is 0 Å². The van der Waals surface area contributed by atoms with Gasteiger partial charge in [0.15, 0.2) is 6.04 Å². The van der Waals surface area contributed by atoms with E-state index in [4.69, 9.17) is 10.5 Å². The molecule has 0 aliphatic carbocycles. The summed E-state index contributed by atoms with van der Waals surface area (Å²) in [6.45, 7) is 5.18. The van der Waals surface area contributed by atoms with Gasteiger partial charge in [0.05, 0.1) is 12.7 Å². The quantitative estimate of drug-likeness (QED) is 0.100. The minimum absolute atomic E-state index is 0.0670. The van der Waals surface area contributed by atoms with Gasteiger partial charge < -0.3 is 52.4 Å². The lowest BCUT2D eigenvalue weighted by atomic mass is 9.96. The molecular weight excluding hydrogens is 686 g/mol. The number of aliphatic hydroxyl groups excluding tert-OH is 2. The van der Waals surface area contributed by atoms with Crippen molar-refractivity contribution in [3.8, 4) is 5.75 Å². The van der Waals surface area contributed by atoms with Crippen molar-refractivity contribution in [2.75, 3.05) is 6.61 Å². The number of aliphatic hydroxyl groups is 2. The van der Waals surface area contributed by atoms with Crippen molar-refractivity contribution < 1.29 is 58.4 Å². The Kier molecular flexibility index (Phi) is 14.4. The van der Waals surface area contributed by atoms with Crippen molar-refractivity contribution in [1.29, 1.82) is 0 Å². The third kappa shape index (κ3) is 10.4. The van der Waals surface area contributed by atoms with Gasteiger partial charge >= 0.3 is 5.97 Å². The van der Waals surface area contributed by atoms with E-state index in [0.717, 1.165) is 4.90 Å². The average molecular weight is 734 g/mol. The molecule has 0 bridgehead atoms. The molecule has 10 N–H and O–H groups in total. The van der Waals surface area contributed by atoms with Gasteiger partial charge in [-0.2, -0.15) is 0 Å². The van der Waals surface area contributed by atoms with Gasteiger partial charge in [0.1, 0.15) is 36.0 Å². The molecule has 0 radical (unpaired) electrons. The number of carbonyl (C=O) groups excluding carboxylic acids is 8. The molecule has 19 nitrogen and oxygen atoms in total. The predicted molar refractivity (Wildman–Crippen MR) is 179 cm³/mol. The Balaban J connectivity index is 2.21. The highest BCUT2D eigenvalue weighted by atomic mass is 16.6. The van der Waals surface area contributed by atoms with E-state index in [1.807, 2.05) is 0 Å². The third-order valence-corrected chi connectivity index (χ3v) is 8.91. The van der Waals surface area contributed by atoms with Gasteiger partial charge in [0, 0.05) is 19.3 Å². The number of primary amides is 1. The van der Waals surface area contributed by atoms with Crippen LogP contribution in [0.4, 0.5) is 0 Å². The largest absolute Gasteiger partial charge is 0.508 e. The lowest BCUT2D eigenvalue weighted by Gasteiger charge is -2.35. The second kappa shape index (κ2) is 18.3. The van der Waals surface area contributed by atoms with E-state index >= 15 is 0 Å². The SMILES string of the molecule is CCC(C)C1NC(=O)C(NC(=O)CCO)C2OC(=O)C(C)N2C(=O)C(CCC(N)=O)NC(=O)C(C(C)O)NC(=O)C(Cc2ccc(O)cc2)NC1=O. The normalized spacial score (nSPS) is 27.3. The average Bonchev–Trinajstić information content (AvgIpc) is 3.38. The molecule has 0 aromatic heterocycles. The van der Waals surface area contributed by atoms with Crippen LogP contribution in [0.2, 0.25) is 0 Å². The number of aromatic hydroxyl groups is 1. The Hall–Kier alpha value is -5.30. The smallest absolute Gasteiger partial charge is 0.330 e. The fourth-order valence-corrected chi connectivity index (χ4v) is 5.69. The zero-order chi connectivity index (χ0) is 38.9. The number of hydrogen-bond acceptors (Lipinski definition) is 12. The second-order valence-corrected chi connectivity index (χ2v) is 12.9. The van der Waals surface area contributed by atoms with Crippen LogP contribution in [0.25, 0.3) is 0 Å². The summed E-state index contributed by atoms with van der Waals surface area (Å²) in [7, 11) is 0. The van der Waals surface area contributed by atoms with Crippen LogP contribution in [0, 0.1) is 5.92 Å². The summed E-state index contributed by atoms with van der Waals surface area (Å²) in [4.78, 5) is 108. The number of hydrogen-bond donors (Lipinski definition) is 9. The number of nitrogens with zero attached hydrogens (tertiary/aromatic N) is 1. The van der Waals surface area contributed by atoms with Crippen LogP contribution in [0.1, 0.15) is 58.9 Å². The maximum absolute atomic E-state index is 14.2. The van der Waals surface area contributed by atoms with Crippen LogP contribution in [-0.4, -0.2) is 123 Å². The van der Waals surface area contributed by atoms with E-state index in [1.54, 1.807) is 13.8 Å². The highest BCUT2D eigenvalue weighted by Crippen LogP contribution is 2.25. The van der Waals surface area contributed by atoms with Gasteiger partial charge in [0.25, 0.3) is 0 Å². The minimum atomic E-state index is -1.86. The predicted octanol–water partition coefficient (Wildman–Crippen LogP) is -3.45. The van der Waals surface area contributed by atoms with Crippen LogP contribution in [0.3, 0.4) is 0 Å². The summed E-state index contributed by atoms with van der Waals surface area (Å²) in [5.41, 5.74) is 5.80. The van der Waals surface area contributed by atoms with E-state index in [-0.39, 0.29) is 12.2 Å². The third-order valence-electron chi connectivity index (χ3n) is 8.91. The molecule has 52 heavy (non-hydrogen) atoms. The van der Waals surface area contributed by atoms with E-state index in [1.165, 1.54) is 38.1 Å². The van der Waals surface area contributed by atoms with Crippen molar-refractivity contribution >= 4 is 47.3 Å². The number of phenolic OH excluding ortho intramolecular Hbond substituents is 1. The topological polar surface area (TPSA) is 296 Å². The molecular formula is C33H47N7O12. The Morgan fingerprint density at radius 3 is 2.08 bits per heavy atom. The van der Waals surface area contributed by atoms with Crippen LogP contribution in [0.15, 0.2) is 24.3 Å². The first-order valence-corrected chi connectivity index (χ1v) is 16.9. The van der Waals surface area contributed by atoms with Gasteiger partial charge in [0.2, 0.25) is 47.6 Å². The lowest BCUT2D eigenvalue weighted by molar-refractivity contribution is -0.153. The zero-order valence-electron chi connectivity index (χ0n) is 29.3. The van der Waals surface area contributed by atoms with Gasteiger partial charge in [-0.1, -0.05) is 32.4 Å².